The molecule has 1 aliphatic rings. The van der Waals surface area contributed by atoms with Crippen molar-refractivity contribution in [1.29, 1.82) is 0 Å². The van der Waals surface area contributed by atoms with Crippen molar-refractivity contribution in [3.05, 3.63) is 83.0 Å². The number of amides is 1. The number of aromatic nitrogens is 2. The van der Waals surface area contributed by atoms with E-state index in [9.17, 15) is 4.79 Å². The van der Waals surface area contributed by atoms with Crippen LogP contribution in [-0.4, -0.2) is 21.4 Å². The molecule has 0 saturated heterocycles. The van der Waals surface area contributed by atoms with Gasteiger partial charge < -0.3 is 5.32 Å². The summed E-state index contributed by atoms with van der Waals surface area (Å²) in [4.78, 5) is 12.4. The monoisotopic (exact) mass is 363 g/mol. The topological polar surface area (TPSA) is 46.9 Å². The van der Waals surface area contributed by atoms with Crippen LogP contribution in [0.3, 0.4) is 0 Å². The zero-order valence-electron chi connectivity index (χ0n) is 14.8. The molecule has 1 aromatic heterocycles. The highest BCUT2D eigenvalue weighted by Gasteiger charge is 2.31. The Morgan fingerprint density at radius 3 is 2.46 bits per heavy atom. The molecule has 2 heterocycles. The minimum atomic E-state index is 0.0242. The van der Waals surface area contributed by atoms with Crippen LogP contribution in [0.15, 0.2) is 60.7 Å². The van der Waals surface area contributed by atoms with Gasteiger partial charge in [0.25, 0.3) is 0 Å². The molecule has 4 rings (SSSR count). The maximum absolute atomic E-state index is 12.4. The fourth-order valence-electron chi connectivity index (χ4n) is 3.45. The molecular weight excluding hydrogens is 342 g/mol. The Labute approximate surface area is 157 Å². The second-order valence-electron chi connectivity index (χ2n) is 6.53. The van der Waals surface area contributed by atoms with Gasteiger partial charge in [0.2, 0.25) is 5.91 Å². The van der Waals surface area contributed by atoms with Crippen LogP contribution in [0, 0.1) is 6.92 Å². The standard InChI is InChI=1S/C21H21N3OS/c1-14-19-20(17-11-7-4-8-12-17)26-13-18(25)22-21(19)24(23-14)15(2)16-9-5-3-6-10-16/h3-12,15,20H,13H2,1-2H3,(H,22,25)/t15-,20-/m0/s1. The van der Waals surface area contributed by atoms with Gasteiger partial charge in [-0.15, -0.1) is 11.8 Å². The number of nitrogens with zero attached hydrogens (tertiary/aromatic N) is 2. The van der Waals surface area contributed by atoms with Crippen molar-refractivity contribution >= 4 is 23.5 Å². The lowest BCUT2D eigenvalue weighted by Gasteiger charge is -2.18. The number of anilines is 1. The number of benzene rings is 2. The van der Waals surface area contributed by atoms with Crippen molar-refractivity contribution in [2.24, 2.45) is 0 Å². The molecule has 2 aromatic carbocycles. The van der Waals surface area contributed by atoms with Crippen molar-refractivity contribution < 1.29 is 4.79 Å². The Bertz CT molecular complexity index is 921. The van der Waals surface area contributed by atoms with Crippen molar-refractivity contribution in [1.82, 2.24) is 9.78 Å². The first-order chi connectivity index (χ1) is 12.6. The number of thioether (sulfide) groups is 1. The third-order valence-electron chi connectivity index (χ3n) is 4.78. The van der Waals surface area contributed by atoms with Gasteiger partial charge >= 0.3 is 0 Å². The summed E-state index contributed by atoms with van der Waals surface area (Å²) in [7, 11) is 0. The molecule has 2 atom stereocenters. The Morgan fingerprint density at radius 1 is 1.12 bits per heavy atom. The van der Waals surface area contributed by atoms with Gasteiger partial charge in [0.1, 0.15) is 5.82 Å². The van der Waals surface area contributed by atoms with Crippen LogP contribution >= 0.6 is 11.8 Å². The lowest BCUT2D eigenvalue weighted by molar-refractivity contribution is -0.113. The Morgan fingerprint density at radius 2 is 1.77 bits per heavy atom. The van der Waals surface area contributed by atoms with Gasteiger partial charge in [-0.05, 0) is 25.0 Å². The Hall–Kier alpha value is -2.53. The zero-order chi connectivity index (χ0) is 18.1. The van der Waals surface area contributed by atoms with E-state index in [1.54, 1.807) is 11.8 Å². The minimum Gasteiger partial charge on any atom is -0.310 e. The molecule has 26 heavy (non-hydrogen) atoms. The number of aryl methyl sites for hydroxylation is 1. The van der Waals surface area contributed by atoms with E-state index in [-0.39, 0.29) is 17.2 Å². The highest BCUT2D eigenvalue weighted by Crippen LogP contribution is 2.44. The molecular formula is C21H21N3OS. The van der Waals surface area contributed by atoms with E-state index in [0.29, 0.717) is 5.75 Å². The van der Waals surface area contributed by atoms with Gasteiger partial charge in [-0.2, -0.15) is 5.10 Å². The quantitative estimate of drug-likeness (QED) is 0.741. The van der Waals surface area contributed by atoms with Gasteiger partial charge in [0.15, 0.2) is 0 Å². The third-order valence-corrected chi connectivity index (χ3v) is 6.05. The summed E-state index contributed by atoms with van der Waals surface area (Å²) in [5.41, 5.74) is 4.44. The first-order valence-corrected chi connectivity index (χ1v) is 9.80. The number of hydrogen-bond donors (Lipinski definition) is 1. The molecule has 0 spiro atoms. The number of rotatable bonds is 3. The number of carbonyl (C=O) groups is 1. The van der Waals surface area contributed by atoms with E-state index in [2.05, 4.69) is 36.5 Å². The van der Waals surface area contributed by atoms with E-state index >= 15 is 0 Å². The van der Waals surface area contributed by atoms with E-state index in [4.69, 9.17) is 5.10 Å². The van der Waals surface area contributed by atoms with Gasteiger partial charge in [-0.25, -0.2) is 4.68 Å². The fraction of sp³-hybridized carbons (Fsp3) is 0.238. The summed E-state index contributed by atoms with van der Waals surface area (Å²) in [5, 5.41) is 8.01. The lowest BCUT2D eigenvalue weighted by Crippen LogP contribution is -2.18. The molecule has 1 amide bonds. The summed E-state index contributed by atoms with van der Waals surface area (Å²) in [6.45, 7) is 4.14. The fourth-order valence-corrected chi connectivity index (χ4v) is 4.64. The number of nitrogens with one attached hydrogen (secondary N) is 1. The molecule has 0 saturated carbocycles. The Kier molecular flexibility index (Phi) is 4.55. The smallest absolute Gasteiger partial charge is 0.235 e. The van der Waals surface area contributed by atoms with Crippen LogP contribution in [-0.2, 0) is 4.79 Å². The summed E-state index contributed by atoms with van der Waals surface area (Å²) in [5.74, 6) is 1.28. The van der Waals surface area contributed by atoms with Gasteiger partial charge in [0.05, 0.1) is 22.7 Å². The van der Waals surface area contributed by atoms with Gasteiger partial charge in [-0.1, -0.05) is 60.7 Å². The molecule has 5 heteroatoms. The second kappa shape index (κ2) is 7.00. The highest BCUT2D eigenvalue weighted by atomic mass is 32.2. The van der Waals surface area contributed by atoms with E-state index in [0.717, 1.165) is 17.1 Å². The Balaban J connectivity index is 1.84. The highest BCUT2D eigenvalue weighted by molar-refractivity contribution is 8.00. The molecule has 0 bridgehead atoms. The minimum absolute atomic E-state index is 0.0242. The predicted molar refractivity (Wildman–Crippen MR) is 107 cm³/mol. The molecule has 132 valence electrons. The molecule has 0 unspecified atom stereocenters. The van der Waals surface area contributed by atoms with Crippen molar-refractivity contribution in [2.75, 3.05) is 11.1 Å². The molecule has 3 aromatic rings. The first-order valence-electron chi connectivity index (χ1n) is 8.75. The average Bonchev–Trinajstić information content (AvgIpc) is 2.88. The molecule has 0 radical (unpaired) electrons. The van der Waals surface area contributed by atoms with Gasteiger partial charge in [-0.3, -0.25) is 4.79 Å². The van der Waals surface area contributed by atoms with Crippen LogP contribution in [0.25, 0.3) is 0 Å². The first kappa shape index (κ1) is 16.9. The van der Waals surface area contributed by atoms with Crippen molar-refractivity contribution in [2.45, 2.75) is 25.1 Å². The number of hydrogen-bond acceptors (Lipinski definition) is 3. The number of fused-ring (bicyclic) bond motifs is 1. The largest absolute Gasteiger partial charge is 0.310 e. The summed E-state index contributed by atoms with van der Waals surface area (Å²) in [6, 6.07) is 20.6. The summed E-state index contributed by atoms with van der Waals surface area (Å²) in [6.07, 6.45) is 0. The molecule has 1 N–H and O–H groups in total. The number of carbonyl (C=O) groups excluding carboxylic acids is 1. The van der Waals surface area contributed by atoms with E-state index in [1.165, 1.54) is 11.1 Å². The van der Waals surface area contributed by atoms with Crippen molar-refractivity contribution in [3.63, 3.8) is 0 Å². The third kappa shape index (κ3) is 3.03. The lowest BCUT2D eigenvalue weighted by atomic mass is 10.0. The average molecular weight is 363 g/mol. The molecule has 0 fully saturated rings. The van der Waals surface area contributed by atoms with Crippen LogP contribution in [0.4, 0.5) is 5.82 Å². The molecule has 0 aliphatic carbocycles. The van der Waals surface area contributed by atoms with E-state index < -0.39 is 0 Å². The molecule has 4 nitrogen and oxygen atoms in total. The van der Waals surface area contributed by atoms with Crippen LogP contribution < -0.4 is 5.32 Å². The van der Waals surface area contributed by atoms with Crippen LogP contribution in [0.5, 0.6) is 0 Å². The SMILES string of the molecule is Cc1nn([C@@H](C)c2ccccc2)c2c1[C@H](c1ccccc1)SCC(=O)N2. The van der Waals surface area contributed by atoms with E-state index in [1.807, 2.05) is 48.0 Å². The van der Waals surface area contributed by atoms with Gasteiger partial charge in [0, 0.05) is 5.56 Å². The maximum Gasteiger partial charge on any atom is 0.235 e. The predicted octanol–water partition coefficient (Wildman–Crippen LogP) is 4.58. The van der Waals surface area contributed by atoms with Crippen molar-refractivity contribution in [3.8, 4) is 0 Å². The summed E-state index contributed by atoms with van der Waals surface area (Å²) < 4.78 is 1.96. The molecule has 1 aliphatic heterocycles. The van der Waals surface area contributed by atoms with Crippen LogP contribution in [0.2, 0.25) is 0 Å². The second-order valence-corrected chi connectivity index (χ2v) is 7.62. The maximum atomic E-state index is 12.4. The zero-order valence-corrected chi connectivity index (χ0v) is 15.7. The normalized spacial score (nSPS) is 17.9. The summed E-state index contributed by atoms with van der Waals surface area (Å²) >= 11 is 1.66. The van der Waals surface area contributed by atoms with Crippen LogP contribution in [0.1, 0.15) is 40.6 Å².